The normalized spacial score (nSPS) is 12.4. The smallest absolute Gasteiger partial charge is 0.0981 e. The van der Waals surface area contributed by atoms with Crippen LogP contribution < -0.4 is 5.32 Å². The Hall–Kier alpha value is -0.410. The molecule has 0 aromatic carbocycles. The highest BCUT2D eigenvalue weighted by atomic mass is 32.1. The first kappa shape index (κ1) is 13.7. The van der Waals surface area contributed by atoms with Gasteiger partial charge in [-0.2, -0.15) is 0 Å². The van der Waals surface area contributed by atoms with Gasteiger partial charge < -0.3 is 5.32 Å². The third-order valence-corrected chi connectivity index (χ3v) is 3.62. The van der Waals surface area contributed by atoms with Crippen LogP contribution in [0, 0.1) is 5.92 Å². The van der Waals surface area contributed by atoms with Crippen molar-refractivity contribution in [3.8, 4) is 0 Å². The van der Waals surface area contributed by atoms with Gasteiger partial charge in [0.15, 0.2) is 0 Å². The summed E-state index contributed by atoms with van der Waals surface area (Å²) in [5.41, 5.74) is 1.42. The molecule has 3 heteroatoms. The molecule has 1 aromatic heterocycles. The standard InChI is InChI=1S/C13H24N2S/c1-10(2)8-14-7-6-11-9-16-12(15-11)13(3,4)5/h9-10,14H,6-8H2,1-5H3. The van der Waals surface area contributed by atoms with Crippen LogP contribution in [-0.4, -0.2) is 18.1 Å². The lowest BCUT2D eigenvalue weighted by Gasteiger charge is -2.13. The van der Waals surface area contributed by atoms with Crippen molar-refractivity contribution in [2.75, 3.05) is 13.1 Å². The zero-order valence-electron chi connectivity index (χ0n) is 11.1. The zero-order chi connectivity index (χ0) is 12.2. The lowest BCUT2D eigenvalue weighted by Crippen LogP contribution is -2.22. The van der Waals surface area contributed by atoms with Crippen LogP contribution in [0.3, 0.4) is 0 Å². The summed E-state index contributed by atoms with van der Waals surface area (Å²) in [6, 6.07) is 0. The van der Waals surface area contributed by atoms with E-state index in [1.165, 1.54) is 10.7 Å². The van der Waals surface area contributed by atoms with Crippen LogP contribution in [0.5, 0.6) is 0 Å². The highest BCUT2D eigenvalue weighted by Gasteiger charge is 2.17. The Bertz CT molecular complexity index is 310. The first-order chi connectivity index (χ1) is 7.39. The summed E-state index contributed by atoms with van der Waals surface area (Å²) in [5, 5.41) is 6.88. The van der Waals surface area contributed by atoms with E-state index in [0.29, 0.717) is 0 Å². The first-order valence-corrected chi connectivity index (χ1v) is 6.93. The summed E-state index contributed by atoms with van der Waals surface area (Å²) >= 11 is 1.78. The molecule has 0 bridgehead atoms. The maximum atomic E-state index is 4.68. The molecule has 0 saturated carbocycles. The molecule has 0 aliphatic rings. The number of hydrogen-bond acceptors (Lipinski definition) is 3. The average molecular weight is 240 g/mol. The van der Waals surface area contributed by atoms with Gasteiger partial charge in [-0.15, -0.1) is 11.3 Å². The summed E-state index contributed by atoms with van der Waals surface area (Å²) in [7, 11) is 0. The molecule has 0 spiro atoms. The van der Waals surface area contributed by atoms with Gasteiger partial charge in [0.2, 0.25) is 0 Å². The number of hydrogen-bond donors (Lipinski definition) is 1. The Kier molecular flexibility index (Phi) is 4.93. The molecule has 0 atom stereocenters. The van der Waals surface area contributed by atoms with Crippen LogP contribution in [0.15, 0.2) is 5.38 Å². The maximum Gasteiger partial charge on any atom is 0.0981 e. The van der Waals surface area contributed by atoms with Gasteiger partial charge >= 0.3 is 0 Å². The fourth-order valence-electron chi connectivity index (χ4n) is 1.37. The average Bonchev–Trinajstić information content (AvgIpc) is 2.59. The molecule has 16 heavy (non-hydrogen) atoms. The van der Waals surface area contributed by atoms with Gasteiger partial charge in [-0.05, 0) is 12.5 Å². The lowest BCUT2D eigenvalue weighted by molar-refractivity contribution is 0.550. The highest BCUT2D eigenvalue weighted by molar-refractivity contribution is 7.09. The topological polar surface area (TPSA) is 24.9 Å². The highest BCUT2D eigenvalue weighted by Crippen LogP contribution is 2.25. The molecule has 1 N–H and O–H groups in total. The predicted molar refractivity (Wildman–Crippen MR) is 72.2 cm³/mol. The Morgan fingerprint density at radius 1 is 1.38 bits per heavy atom. The molecule has 0 fully saturated rings. The van der Waals surface area contributed by atoms with E-state index in [1.54, 1.807) is 11.3 Å². The van der Waals surface area contributed by atoms with Crippen LogP contribution in [0.4, 0.5) is 0 Å². The van der Waals surface area contributed by atoms with Gasteiger partial charge in [-0.3, -0.25) is 0 Å². The minimum atomic E-state index is 0.189. The van der Waals surface area contributed by atoms with Crippen molar-refractivity contribution < 1.29 is 0 Å². The summed E-state index contributed by atoms with van der Waals surface area (Å²) in [5.74, 6) is 0.723. The van der Waals surface area contributed by atoms with Crippen LogP contribution in [-0.2, 0) is 11.8 Å². The van der Waals surface area contributed by atoms with Crippen molar-refractivity contribution in [3.05, 3.63) is 16.1 Å². The zero-order valence-corrected chi connectivity index (χ0v) is 11.9. The molecular weight excluding hydrogens is 216 g/mol. The third-order valence-electron chi connectivity index (χ3n) is 2.30. The number of aromatic nitrogens is 1. The molecule has 0 radical (unpaired) electrons. The molecular formula is C13H24N2S. The monoisotopic (exact) mass is 240 g/mol. The molecule has 1 aromatic rings. The van der Waals surface area contributed by atoms with Gasteiger partial charge in [0.1, 0.15) is 0 Å². The maximum absolute atomic E-state index is 4.68. The molecule has 1 rings (SSSR count). The first-order valence-electron chi connectivity index (χ1n) is 6.05. The van der Waals surface area contributed by atoms with E-state index in [4.69, 9.17) is 0 Å². The van der Waals surface area contributed by atoms with Crippen LogP contribution in [0.25, 0.3) is 0 Å². The fraction of sp³-hybridized carbons (Fsp3) is 0.769. The van der Waals surface area contributed by atoms with Crippen LogP contribution in [0.1, 0.15) is 45.3 Å². The summed E-state index contributed by atoms with van der Waals surface area (Å²) < 4.78 is 0. The van der Waals surface area contributed by atoms with E-state index >= 15 is 0 Å². The molecule has 92 valence electrons. The number of thiazole rings is 1. The Labute approximate surface area is 103 Å². The van der Waals surface area contributed by atoms with Crippen molar-refractivity contribution in [1.29, 1.82) is 0 Å². The van der Waals surface area contributed by atoms with Crippen molar-refractivity contribution in [2.45, 2.75) is 46.5 Å². The number of rotatable bonds is 5. The molecule has 0 unspecified atom stereocenters. The molecule has 1 heterocycles. The van der Waals surface area contributed by atoms with Gasteiger partial charge in [0.05, 0.1) is 10.7 Å². The van der Waals surface area contributed by atoms with Crippen molar-refractivity contribution in [2.24, 2.45) is 5.92 Å². The van der Waals surface area contributed by atoms with Gasteiger partial charge in [0, 0.05) is 23.8 Å². The van der Waals surface area contributed by atoms with Gasteiger partial charge in [-0.25, -0.2) is 4.98 Å². The van der Waals surface area contributed by atoms with Crippen LogP contribution in [0.2, 0.25) is 0 Å². The summed E-state index contributed by atoms with van der Waals surface area (Å²) in [6.45, 7) is 13.2. The molecule has 0 aliphatic heterocycles. The van der Waals surface area contributed by atoms with Crippen molar-refractivity contribution in [1.82, 2.24) is 10.3 Å². The number of nitrogens with one attached hydrogen (secondary N) is 1. The SMILES string of the molecule is CC(C)CNCCc1csc(C(C)(C)C)n1. The van der Waals surface area contributed by atoms with E-state index < -0.39 is 0 Å². The Morgan fingerprint density at radius 2 is 2.06 bits per heavy atom. The largest absolute Gasteiger partial charge is 0.316 e. The van der Waals surface area contributed by atoms with E-state index in [2.05, 4.69) is 50.3 Å². The second-order valence-corrected chi connectivity index (χ2v) is 6.60. The summed E-state index contributed by atoms with van der Waals surface area (Å²) in [4.78, 5) is 4.68. The molecule has 2 nitrogen and oxygen atoms in total. The van der Waals surface area contributed by atoms with Crippen molar-refractivity contribution >= 4 is 11.3 Å². The Morgan fingerprint density at radius 3 is 2.56 bits per heavy atom. The van der Waals surface area contributed by atoms with Gasteiger partial charge in [-0.1, -0.05) is 34.6 Å². The van der Waals surface area contributed by atoms with Crippen molar-refractivity contribution in [3.63, 3.8) is 0 Å². The van der Waals surface area contributed by atoms with E-state index in [0.717, 1.165) is 25.4 Å². The minimum Gasteiger partial charge on any atom is -0.316 e. The molecule has 0 saturated heterocycles. The lowest BCUT2D eigenvalue weighted by atomic mass is 9.98. The second kappa shape index (κ2) is 5.78. The summed E-state index contributed by atoms with van der Waals surface area (Å²) in [6.07, 6.45) is 1.04. The Balaban J connectivity index is 2.36. The van der Waals surface area contributed by atoms with E-state index in [1.807, 2.05) is 0 Å². The minimum absolute atomic E-state index is 0.189. The van der Waals surface area contributed by atoms with E-state index in [-0.39, 0.29) is 5.41 Å². The quantitative estimate of drug-likeness (QED) is 0.799. The number of nitrogens with zero attached hydrogens (tertiary/aromatic N) is 1. The third kappa shape index (κ3) is 4.62. The fourth-order valence-corrected chi connectivity index (χ4v) is 2.32. The molecule has 0 amide bonds. The van der Waals surface area contributed by atoms with Crippen LogP contribution >= 0.6 is 11.3 Å². The van der Waals surface area contributed by atoms with E-state index in [9.17, 15) is 0 Å². The molecule has 0 aliphatic carbocycles. The predicted octanol–water partition coefficient (Wildman–Crippen LogP) is 3.23. The second-order valence-electron chi connectivity index (χ2n) is 5.74. The van der Waals surface area contributed by atoms with Gasteiger partial charge in [0.25, 0.3) is 0 Å².